The van der Waals surface area contributed by atoms with Crippen LogP contribution in [0.4, 0.5) is 0 Å². The summed E-state index contributed by atoms with van der Waals surface area (Å²) in [5.74, 6) is 0.923. The summed E-state index contributed by atoms with van der Waals surface area (Å²) in [6.45, 7) is 2.67. The smallest absolute Gasteiger partial charge is 0.124 e. The Balaban J connectivity index is 2.39. The summed E-state index contributed by atoms with van der Waals surface area (Å²) >= 11 is 12.5. The number of alkyl halides is 1. The molecule has 0 spiro atoms. The van der Waals surface area contributed by atoms with Crippen molar-refractivity contribution >= 4 is 59.1 Å². The molecule has 96 valence electrons. The molecule has 1 unspecified atom stereocenters. The van der Waals surface area contributed by atoms with Gasteiger partial charge in [0.25, 0.3) is 0 Å². The largest absolute Gasteiger partial charge is 0.494 e. The third-order valence-corrected chi connectivity index (χ3v) is 5.86. The average molecular weight is 455 g/mol. The average Bonchev–Trinajstić information content (AvgIpc) is 2.77. The molecule has 1 aromatic carbocycles. The molecule has 0 radical (unpaired) electrons. The number of halogens is 3. The van der Waals surface area contributed by atoms with Crippen molar-refractivity contribution in [3.8, 4) is 5.75 Å². The molecule has 0 bridgehead atoms. The van der Waals surface area contributed by atoms with Crippen LogP contribution in [-0.4, -0.2) is 6.61 Å². The quantitative estimate of drug-likeness (QED) is 0.503. The standard InChI is InChI=1S/C13H11Br3OS/c1-2-17-10-4-3-8(14)7-9(10)13(16)11-5-6-12(15)18-11/h3-7,13H,2H2,1H3. The summed E-state index contributed by atoms with van der Waals surface area (Å²) in [6.07, 6.45) is 0. The highest BCUT2D eigenvalue weighted by molar-refractivity contribution is 9.11. The Hall–Kier alpha value is 0.160. The van der Waals surface area contributed by atoms with Crippen LogP contribution in [0, 0.1) is 0 Å². The van der Waals surface area contributed by atoms with Crippen LogP contribution in [0.25, 0.3) is 0 Å². The van der Waals surface area contributed by atoms with Gasteiger partial charge in [-0.05, 0) is 53.2 Å². The molecule has 2 rings (SSSR count). The molecule has 1 aromatic heterocycles. The minimum absolute atomic E-state index is 0.146. The Morgan fingerprint density at radius 1 is 1.22 bits per heavy atom. The molecule has 1 atom stereocenters. The third kappa shape index (κ3) is 3.38. The number of benzene rings is 1. The summed E-state index contributed by atoms with van der Waals surface area (Å²) in [4.78, 5) is 1.40. The van der Waals surface area contributed by atoms with Gasteiger partial charge >= 0.3 is 0 Å². The second kappa shape index (κ2) is 6.55. The number of hydrogen-bond donors (Lipinski definition) is 0. The first-order chi connectivity index (χ1) is 8.61. The maximum atomic E-state index is 5.68. The highest BCUT2D eigenvalue weighted by Gasteiger charge is 2.17. The first-order valence-electron chi connectivity index (χ1n) is 5.43. The molecule has 0 aliphatic heterocycles. The summed E-state index contributed by atoms with van der Waals surface area (Å²) in [6, 6.07) is 10.3. The lowest BCUT2D eigenvalue weighted by Crippen LogP contribution is -1.98. The number of rotatable bonds is 4. The zero-order valence-corrected chi connectivity index (χ0v) is 15.2. The van der Waals surface area contributed by atoms with Gasteiger partial charge in [0.15, 0.2) is 0 Å². The highest BCUT2D eigenvalue weighted by Crippen LogP contribution is 2.41. The second-order valence-corrected chi connectivity index (χ2v) is 7.95. The Morgan fingerprint density at radius 3 is 2.61 bits per heavy atom. The third-order valence-electron chi connectivity index (χ3n) is 2.39. The molecule has 0 aliphatic carbocycles. The van der Waals surface area contributed by atoms with E-state index in [4.69, 9.17) is 4.74 Å². The molecular weight excluding hydrogens is 444 g/mol. The van der Waals surface area contributed by atoms with Crippen LogP contribution in [0.3, 0.4) is 0 Å². The topological polar surface area (TPSA) is 9.23 Å². The molecule has 0 N–H and O–H groups in total. The van der Waals surface area contributed by atoms with Crippen LogP contribution in [0.5, 0.6) is 5.75 Å². The summed E-state index contributed by atoms with van der Waals surface area (Å²) < 4.78 is 7.87. The van der Waals surface area contributed by atoms with E-state index in [1.165, 1.54) is 4.88 Å². The van der Waals surface area contributed by atoms with Gasteiger partial charge < -0.3 is 4.74 Å². The lowest BCUT2D eigenvalue weighted by Gasteiger charge is -2.14. The SMILES string of the molecule is CCOc1ccc(Br)cc1C(Br)c1ccc(Br)s1. The minimum atomic E-state index is 0.146. The molecule has 0 saturated heterocycles. The predicted octanol–water partition coefficient (Wildman–Crippen LogP) is 6.16. The molecule has 1 nitrogen and oxygen atoms in total. The van der Waals surface area contributed by atoms with Crippen molar-refractivity contribution in [2.75, 3.05) is 6.61 Å². The lowest BCUT2D eigenvalue weighted by molar-refractivity contribution is 0.337. The highest BCUT2D eigenvalue weighted by atomic mass is 79.9. The van der Waals surface area contributed by atoms with Gasteiger partial charge in [-0.25, -0.2) is 0 Å². The zero-order chi connectivity index (χ0) is 13.1. The molecule has 5 heteroatoms. The van der Waals surface area contributed by atoms with Gasteiger partial charge in [0.05, 0.1) is 15.2 Å². The number of hydrogen-bond acceptors (Lipinski definition) is 2. The van der Waals surface area contributed by atoms with Crippen LogP contribution in [-0.2, 0) is 0 Å². The van der Waals surface area contributed by atoms with Crippen molar-refractivity contribution in [3.63, 3.8) is 0 Å². The number of ether oxygens (including phenoxy) is 1. The van der Waals surface area contributed by atoms with Crippen molar-refractivity contribution in [3.05, 3.63) is 49.0 Å². The Labute approximate surface area is 136 Å². The van der Waals surface area contributed by atoms with Crippen molar-refractivity contribution in [1.29, 1.82) is 0 Å². The van der Waals surface area contributed by atoms with Crippen molar-refractivity contribution in [1.82, 2.24) is 0 Å². The van der Waals surface area contributed by atoms with Crippen LogP contribution in [0.1, 0.15) is 22.2 Å². The zero-order valence-electron chi connectivity index (χ0n) is 9.62. The van der Waals surface area contributed by atoms with Gasteiger partial charge in [0.2, 0.25) is 0 Å². The molecular formula is C13H11Br3OS. The molecule has 0 aliphatic rings. The Morgan fingerprint density at radius 2 is 2.00 bits per heavy atom. The first-order valence-corrected chi connectivity index (χ1v) is 8.75. The fraction of sp³-hybridized carbons (Fsp3) is 0.231. The normalized spacial score (nSPS) is 12.4. The van der Waals surface area contributed by atoms with E-state index in [0.717, 1.165) is 19.6 Å². The van der Waals surface area contributed by atoms with Gasteiger partial charge in [-0.2, -0.15) is 0 Å². The fourth-order valence-corrected chi connectivity index (χ4v) is 4.21. The molecule has 0 fully saturated rings. The van der Waals surface area contributed by atoms with E-state index in [1.807, 2.05) is 19.1 Å². The lowest BCUT2D eigenvalue weighted by atomic mass is 10.1. The second-order valence-electron chi connectivity index (χ2n) is 3.62. The molecule has 18 heavy (non-hydrogen) atoms. The fourth-order valence-electron chi connectivity index (χ4n) is 1.62. The van der Waals surface area contributed by atoms with E-state index < -0.39 is 0 Å². The van der Waals surface area contributed by atoms with E-state index in [-0.39, 0.29) is 4.83 Å². The first kappa shape index (κ1) is 14.6. The van der Waals surface area contributed by atoms with Gasteiger partial charge in [0.1, 0.15) is 5.75 Å². The molecule has 0 saturated carbocycles. The maximum Gasteiger partial charge on any atom is 0.124 e. The van der Waals surface area contributed by atoms with Crippen LogP contribution in [0.15, 0.2) is 38.6 Å². The van der Waals surface area contributed by atoms with Gasteiger partial charge in [0, 0.05) is 14.9 Å². The molecule has 0 amide bonds. The summed E-state index contributed by atoms with van der Waals surface area (Å²) in [5.41, 5.74) is 1.14. The number of thiophene rings is 1. The van der Waals surface area contributed by atoms with Crippen molar-refractivity contribution in [2.24, 2.45) is 0 Å². The summed E-state index contributed by atoms with van der Waals surface area (Å²) in [7, 11) is 0. The monoisotopic (exact) mass is 452 g/mol. The van der Waals surface area contributed by atoms with Crippen molar-refractivity contribution < 1.29 is 4.74 Å². The molecule has 2 aromatic rings. The maximum absolute atomic E-state index is 5.68. The van der Waals surface area contributed by atoms with Crippen molar-refractivity contribution in [2.45, 2.75) is 11.8 Å². The minimum Gasteiger partial charge on any atom is -0.494 e. The Bertz CT molecular complexity index is 539. The van der Waals surface area contributed by atoms with Gasteiger partial charge in [-0.1, -0.05) is 31.9 Å². The van der Waals surface area contributed by atoms with Crippen LogP contribution < -0.4 is 4.74 Å². The predicted molar refractivity (Wildman–Crippen MR) is 88.1 cm³/mol. The summed E-state index contributed by atoms with van der Waals surface area (Å²) in [5, 5.41) is 0. The van der Waals surface area contributed by atoms with Crippen LogP contribution in [0.2, 0.25) is 0 Å². The Kier molecular flexibility index (Phi) is 5.30. The van der Waals surface area contributed by atoms with E-state index in [2.05, 4.69) is 66.0 Å². The van der Waals surface area contributed by atoms with Crippen LogP contribution >= 0.6 is 59.1 Å². The van der Waals surface area contributed by atoms with E-state index >= 15 is 0 Å². The van der Waals surface area contributed by atoms with E-state index in [0.29, 0.717) is 6.61 Å². The van der Waals surface area contributed by atoms with E-state index in [1.54, 1.807) is 11.3 Å². The molecule has 1 heterocycles. The van der Waals surface area contributed by atoms with Gasteiger partial charge in [-0.15, -0.1) is 11.3 Å². The van der Waals surface area contributed by atoms with Gasteiger partial charge in [-0.3, -0.25) is 0 Å². The van der Waals surface area contributed by atoms with E-state index in [9.17, 15) is 0 Å².